The summed E-state index contributed by atoms with van der Waals surface area (Å²) in [4.78, 5) is 12.8. The number of aliphatic carboxylic acids is 1. The highest BCUT2D eigenvalue weighted by Crippen LogP contribution is 1.96. The van der Waals surface area contributed by atoms with Crippen LogP contribution >= 0.6 is 0 Å². The first-order valence-electron chi connectivity index (χ1n) is 2.93. The molecule has 1 aromatic heterocycles. The zero-order chi connectivity index (χ0) is 8.69. The van der Waals surface area contributed by atoms with Crippen LogP contribution in [0.25, 0.3) is 0 Å². The first kappa shape index (κ1) is 9.48. The molecule has 62 valence electrons. The molecule has 5 heteroatoms. The number of nitrogens with zero attached hydrogens (tertiary/aromatic N) is 1. The minimum Gasteiger partial charge on any atom is -0.481 e. The van der Waals surface area contributed by atoms with Crippen molar-refractivity contribution in [3.8, 4) is 0 Å². The summed E-state index contributed by atoms with van der Waals surface area (Å²) in [5, 5.41) is 10.1. The van der Waals surface area contributed by atoms with Crippen molar-refractivity contribution in [1.82, 2.24) is 4.98 Å². The number of carboxylic acid groups (broad SMARTS) is 1. The maximum absolute atomic E-state index is 9.00. The summed E-state index contributed by atoms with van der Waals surface area (Å²) in [6.07, 6.45) is 3.11. The number of anilines is 1. The average molecular weight is 158 g/mol. The summed E-state index contributed by atoms with van der Waals surface area (Å²) in [7, 11) is 1.76. The van der Waals surface area contributed by atoms with E-state index in [1.165, 1.54) is 6.26 Å². The average Bonchev–Trinajstić information content (AvgIpc) is 2.36. The van der Waals surface area contributed by atoms with E-state index in [1.54, 1.807) is 13.2 Å². The summed E-state index contributed by atoms with van der Waals surface area (Å²) < 4.78 is 4.76. The number of hydrogen-bond donors (Lipinski definition) is 2. The predicted octanol–water partition coefficient (Wildman–Crippen LogP) is 0.807. The van der Waals surface area contributed by atoms with Gasteiger partial charge >= 0.3 is 0 Å². The molecule has 0 aromatic carbocycles. The lowest BCUT2D eigenvalue weighted by Gasteiger charge is -1.83. The maximum atomic E-state index is 9.00. The van der Waals surface area contributed by atoms with E-state index in [0.29, 0.717) is 6.01 Å². The van der Waals surface area contributed by atoms with Crippen molar-refractivity contribution < 1.29 is 14.3 Å². The van der Waals surface area contributed by atoms with Crippen molar-refractivity contribution in [2.45, 2.75) is 6.92 Å². The van der Waals surface area contributed by atoms with Crippen LogP contribution in [0.4, 0.5) is 6.01 Å². The number of oxazole rings is 1. The van der Waals surface area contributed by atoms with Crippen LogP contribution in [0.1, 0.15) is 6.92 Å². The smallest absolute Gasteiger partial charge is 0.300 e. The van der Waals surface area contributed by atoms with E-state index in [-0.39, 0.29) is 0 Å². The molecule has 0 aliphatic rings. The summed E-state index contributed by atoms with van der Waals surface area (Å²) in [5.41, 5.74) is 0. The zero-order valence-electron chi connectivity index (χ0n) is 6.37. The first-order chi connectivity index (χ1) is 5.16. The van der Waals surface area contributed by atoms with E-state index in [4.69, 9.17) is 14.3 Å². The molecule has 1 aromatic rings. The molecule has 0 fully saturated rings. The standard InChI is InChI=1S/C4H6N2O.C2H4O2/c1-5-4-6-2-3-7-4;1-2(3)4/h2-3H,1H3,(H,5,6);1H3,(H,3,4). The van der Waals surface area contributed by atoms with Crippen LogP contribution in [-0.4, -0.2) is 23.1 Å². The molecule has 0 amide bonds. The Morgan fingerprint density at radius 2 is 2.36 bits per heavy atom. The molecule has 0 bridgehead atoms. The van der Waals surface area contributed by atoms with Gasteiger partial charge in [0.05, 0.1) is 6.20 Å². The third-order valence-corrected chi connectivity index (χ3v) is 0.646. The molecule has 0 radical (unpaired) electrons. The van der Waals surface area contributed by atoms with E-state index in [9.17, 15) is 0 Å². The van der Waals surface area contributed by atoms with Gasteiger partial charge < -0.3 is 14.8 Å². The van der Waals surface area contributed by atoms with Gasteiger partial charge in [0, 0.05) is 14.0 Å². The van der Waals surface area contributed by atoms with E-state index >= 15 is 0 Å². The number of carbonyl (C=O) groups is 1. The van der Waals surface area contributed by atoms with Gasteiger partial charge in [-0.1, -0.05) is 0 Å². The second kappa shape index (κ2) is 5.28. The van der Waals surface area contributed by atoms with Crippen LogP contribution < -0.4 is 5.32 Å². The summed E-state index contributed by atoms with van der Waals surface area (Å²) in [6, 6.07) is 0.556. The fraction of sp³-hybridized carbons (Fsp3) is 0.333. The fourth-order valence-corrected chi connectivity index (χ4v) is 0.347. The highest BCUT2D eigenvalue weighted by molar-refractivity contribution is 5.62. The Bertz CT molecular complexity index is 192. The van der Waals surface area contributed by atoms with Crippen molar-refractivity contribution in [2.24, 2.45) is 0 Å². The van der Waals surface area contributed by atoms with Crippen LogP contribution in [-0.2, 0) is 4.79 Å². The van der Waals surface area contributed by atoms with Crippen molar-refractivity contribution in [3.05, 3.63) is 12.5 Å². The van der Waals surface area contributed by atoms with Crippen LogP contribution in [0.3, 0.4) is 0 Å². The van der Waals surface area contributed by atoms with Crippen LogP contribution in [0, 0.1) is 0 Å². The molecule has 0 aliphatic heterocycles. The van der Waals surface area contributed by atoms with Gasteiger partial charge in [0.15, 0.2) is 0 Å². The zero-order valence-corrected chi connectivity index (χ0v) is 6.37. The number of carboxylic acids is 1. The molecule has 5 nitrogen and oxygen atoms in total. The van der Waals surface area contributed by atoms with Gasteiger partial charge in [-0.2, -0.15) is 0 Å². The fourth-order valence-electron chi connectivity index (χ4n) is 0.347. The molecule has 0 saturated carbocycles. The third kappa shape index (κ3) is 6.36. The minimum atomic E-state index is -0.833. The summed E-state index contributed by atoms with van der Waals surface area (Å²) in [5.74, 6) is -0.833. The molecule has 0 spiro atoms. The van der Waals surface area contributed by atoms with Gasteiger partial charge in [-0.3, -0.25) is 4.79 Å². The number of hydrogen-bond acceptors (Lipinski definition) is 4. The van der Waals surface area contributed by atoms with Crippen molar-refractivity contribution in [2.75, 3.05) is 12.4 Å². The lowest BCUT2D eigenvalue weighted by molar-refractivity contribution is -0.134. The second-order valence-corrected chi connectivity index (χ2v) is 1.61. The molecule has 0 aliphatic carbocycles. The van der Waals surface area contributed by atoms with Gasteiger partial charge in [-0.25, -0.2) is 4.98 Å². The highest BCUT2D eigenvalue weighted by Gasteiger charge is 1.84. The van der Waals surface area contributed by atoms with Crippen LogP contribution in [0.5, 0.6) is 0 Å². The van der Waals surface area contributed by atoms with Gasteiger partial charge in [0.2, 0.25) is 0 Å². The van der Waals surface area contributed by atoms with Gasteiger partial charge in [-0.05, 0) is 0 Å². The highest BCUT2D eigenvalue weighted by atomic mass is 16.4. The predicted molar refractivity (Wildman–Crippen MR) is 39.4 cm³/mol. The minimum absolute atomic E-state index is 0.556. The first-order valence-corrected chi connectivity index (χ1v) is 2.93. The Kier molecular flexibility index (Phi) is 4.55. The Morgan fingerprint density at radius 1 is 1.82 bits per heavy atom. The van der Waals surface area contributed by atoms with E-state index in [2.05, 4.69) is 10.3 Å². The van der Waals surface area contributed by atoms with Crippen molar-refractivity contribution in [1.29, 1.82) is 0 Å². The van der Waals surface area contributed by atoms with Crippen molar-refractivity contribution >= 4 is 12.0 Å². The molecule has 0 unspecified atom stereocenters. The molecular weight excluding hydrogens is 148 g/mol. The molecular formula is C6H10N2O3. The quantitative estimate of drug-likeness (QED) is 0.632. The molecule has 2 N–H and O–H groups in total. The van der Waals surface area contributed by atoms with Crippen LogP contribution in [0.2, 0.25) is 0 Å². The lowest BCUT2D eigenvalue weighted by Crippen LogP contribution is -1.84. The number of aromatic nitrogens is 1. The van der Waals surface area contributed by atoms with E-state index in [1.807, 2.05) is 0 Å². The van der Waals surface area contributed by atoms with Crippen molar-refractivity contribution in [3.63, 3.8) is 0 Å². The van der Waals surface area contributed by atoms with Gasteiger partial charge in [0.25, 0.3) is 12.0 Å². The summed E-state index contributed by atoms with van der Waals surface area (Å²) in [6.45, 7) is 1.08. The molecule has 0 atom stereocenters. The normalized spacial score (nSPS) is 7.82. The number of rotatable bonds is 1. The maximum Gasteiger partial charge on any atom is 0.300 e. The van der Waals surface area contributed by atoms with Gasteiger partial charge in [0.1, 0.15) is 6.26 Å². The Hall–Kier alpha value is -1.52. The van der Waals surface area contributed by atoms with Crippen LogP contribution in [0.15, 0.2) is 16.9 Å². The Balaban J connectivity index is 0.000000218. The largest absolute Gasteiger partial charge is 0.481 e. The SMILES string of the molecule is CC(=O)O.CNc1ncco1. The molecule has 1 rings (SSSR count). The molecule has 1 heterocycles. The Morgan fingerprint density at radius 3 is 2.55 bits per heavy atom. The number of nitrogens with one attached hydrogen (secondary N) is 1. The molecule has 0 saturated heterocycles. The molecule has 11 heavy (non-hydrogen) atoms. The monoisotopic (exact) mass is 158 g/mol. The topological polar surface area (TPSA) is 75.4 Å². The van der Waals surface area contributed by atoms with Gasteiger partial charge in [-0.15, -0.1) is 0 Å². The Labute approximate surface area is 64.1 Å². The van der Waals surface area contributed by atoms with E-state index < -0.39 is 5.97 Å². The lowest BCUT2D eigenvalue weighted by atomic mass is 10.9. The third-order valence-electron chi connectivity index (χ3n) is 0.646. The summed E-state index contributed by atoms with van der Waals surface area (Å²) >= 11 is 0. The van der Waals surface area contributed by atoms with E-state index in [0.717, 1.165) is 6.92 Å². The second-order valence-electron chi connectivity index (χ2n) is 1.61.